The van der Waals surface area contributed by atoms with Crippen molar-refractivity contribution in [2.75, 3.05) is 5.75 Å². The predicted molar refractivity (Wildman–Crippen MR) is 45.8 cm³/mol. The molecule has 0 amide bonds. The van der Waals surface area contributed by atoms with Crippen molar-refractivity contribution in [1.29, 1.82) is 0 Å². The molecule has 0 saturated heterocycles. The van der Waals surface area contributed by atoms with Crippen LogP contribution in [0.2, 0.25) is 0 Å². The topological polar surface area (TPSA) is 9.23 Å². The van der Waals surface area contributed by atoms with E-state index in [0.717, 1.165) is 12.2 Å². The zero-order valence-corrected chi connectivity index (χ0v) is 7.43. The largest absolute Gasteiger partial charge is 0.432 e. The van der Waals surface area contributed by atoms with Crippen LogP contribution in [0.4, 0.5) is 0 Å². The van der Waals surface area contributed by atoms with E-state index >= 15 is 0 Å². The van der Waals surface area contributed by atoms with Crippen molar-refractivity contribution in [1.82, 2.24) is 0 Å². The van der Waals surface area contributed by atoms with E-state index in [0.29, 0.717) is 0 Å². The summed E-state index contributed by atoms with van der Waals surface area (Å²) in [6.45, 7) is 4.02. The Morgan fingerprint density at radius 1 is 1.67 bits per heavy atom. The van der Waals surface area contributed by atoms with E-state index < -0.39 is 0 Å². The van der Waals surface area contributed by atoms with Crippen molar-refractivity contribution in [2.24, 2.45) is 0 Å². The molecule has 1 atom stereocenters. The second-order valence-electron chi connectivity index (χ2n) is 1.57. The molecule has 0 saturated carbocycles. The van der Waals surface area contributed by atoms with Gasteiger partial charge in [0.2, 0.25) is 0 Å². The van der Waals surface area contributed by atoms with Crippen molar-refractivity contribution >= 4 is 20.9 Å². The molecule has 0 aliphatic carbocycles. The van der Waals surface area contributed by atoms with E-state index in [9.17, 15) is 0 Å². The molecule has 54 valence electrons. The maximum atomic E-state index is 5.09. The fraction of sp³-hybridized carbons (Fsp3) is 0.667. The summed E-state index contributed by atoms with van der Waals surface area (Å²) in [4.78, 5) is 0. The van der Waals surface area contributed by atoms with Gasteiger partial charge in [-0.05, 0) is 24.5 Å². The van der Waals surface area contributed by atoms with Gasteiger partial charge in [-0.3, -0.25) is 0 Å². The van der Waals surface area contributed by atoms with E-state index in [-0.39, 0.29) is 9.74 Å². The highest BCUT2D eigenvalue weighted by molar-refractivity contribution is 8.26. The Kier molecular flexibility index (Phi) is 6.31. The summed E-state index contributed by atoms with van der Waals surface area (Å²) in [5.41, 5.74) is 0. The molecule has 0 aromatic heterocycles. The van der Waals surface area contributed by atoms with E-state index in [2.05, 4.69) is 6.92 Å². The third-order valence-corrected chi connectivity index (χ3v) is 2.47. The maximum absolute atomic E-state index is 5.09. The second-order valence-corrected chi connectivity index (χ2v) is 3.90. The Balaban J connectivity index is 3.27. The lowest BCUT2D eigenvalue weighted by atomic mass is 10.6. The van der Waals surface area contributed by atoms with Gasteiger partial charge < -0.3 is 4.18 Å². The lowest BCUT2D eigenvalue weighted by molar-refractivity contribution is 0.557. The summed E-state index contributed by atoms with van der Waals surface area (Å²) in [5, 5.41) is 0. The number of hydrogen-bond donors (Lipinski definition) is 0. The zero-order chi connectivity index (χ0) is 7.11. The quantitative estimate of drug-likeness (QED) is 0.587. The molecule has 0 heterocycles. The van der Waals surface area contributed by atoms with E-state index in [1.54, 1.807) is 6.26 Å². The fourth-order valence-corrected chi connectivity index (χ4v) is 1.63. The lowest BCUT2D eigenvalue weighted by Crippen LogP contribution is -1.93. The van der Waals surface area contributed by atoms with Gasteiger partial charge in [-0.2, -0.15) is 0 Å². The molecule has 1 unspecified atom stereocenters. The van der Waals surface area contributed by atoms with E-state index in [1.165, 1.54) is 0 Å². The molecule has 3 heteroatoms. The Hall–Kier alpha value is 0.110. The standard InChI is InChI=1S/C6H12OS2/c1-3-5-7-9(8)6-4-2/h3,5H,4,6H2,1-2H3. The van der Waals surface area contributed by atoms with Crippen LogP contribution in [0, 0.1) is 0 Å². The highest BCUT2D eigenvalue weighted by Crippen LogP contribution is 1.90. The number of rotatable bonds is 4. The minimum absolute atomic E-state index is 0.273. The minimum Gasteiger partial charge on any atom is -0.432 e. The summed E-state index contributed by atoms with van der Waals surface area (Å²) in [7, 11) is -0.273. The summed E-state index contributed by atoms with van der Waals surface area (Å²) in [5.74, 6) is 0.986. The average molecular weight is 164 g/mol. The van der Waals surface area contributed by atoms with Gasteiger partial charge >= 0.3 is 0 Å². The smallest absolute Gasteiger partial charge is 0.0970 e. The molecule has 0 N–H and O–H groups in total. The minimum atomic E-state index is -0.273. The average Bonchev–Trinajstić information content (AvgIpc) is 1.85. The van der Waals surface area contributed by atoms with Crippen molar-refractivity contribution < 1.29 is 4.18 Å². The first-order valence-corrected chi connectivity index (χ1v) is 5.22. The third kappa shape index (κ3) is 5.99. The first-order chi connectivity index (χ1) is 4.31. The summed E-state index contributed by atoms with van der Waals surface area (Å²) in [6, 6.07) is 0. The van der Waals surface area contributed by atoms with Crippen LogP contribution in [0.1, 0.15) is 20.3 Å². The fourth-order valence-electron chi connectivity index (χ4n) is 0.332. The van der Waals surface area contributed by atoms with Crippen LogP contribution < -0.4 is 0 Å². The van der Waals surface area contributed by atoms with Gasteiger partial charge in [0.15, 0.2) is 0 Å². The van der Waals surface area contributed by atoms with Gasteiger partial charge in [0.25, 0.3) is 0 Å². The summed E-state index contributed by atoms with van der Waals surface area (Å²) >= 11 is 4.96. The number of allylic oxidation sites excluding steroid dienone is 1. The zero-order valence-electron chi connectivity index (χ0n) is 5.79. The molecule has 0 radical (unpaired) electrons. The molecule has 9 heavy (non-hydrogen) atoms. The summed E-state index contributed by atoms with van der Waals surface area (Å²) in [6.07, 6.45) is 4.61. The van der Waals surface area contributed by atoms with Crippen LogP contribution in [-0.2, 0) is 25.1 Å². The maximum Gasteiger partial charge on any atom is 0.0970 e. The van der Waals surface area contributed by atoms with Gasteiger partial charge in [-0.15, -0.1) is 0 Å². The first-order valence-electron chi connectivity index (χ1n) is 2.98. The van der Waals surface area contributed by atoms with Crippen molar-refractivity contribution in [3.05, 3.63) is 12.3 Å². The number of hydrogen-bond acceptors (Lipinski definition) is 2. The SMILES string of the molecule is CC=COS(=S)CCC. The van der Waals surface area contributed by atoms with Crippen molar-refractivity contribution in [3.63, 3.8) is 0 Å². The van der Waals surface area contributed by atoms with Crippen LogP contribution in [0.15, 0.2) is 12.3 Å². The Bertz CT molecular complexity index is 110. The molecule has 0 aromatic carbocycles. The molecular weight excluding hydrogens is 152 g/mol. The first kappa shape index (κ1) is 9.11. The lowest BCUT2D eigenvalue weighted by Gasteiger charge is -1.98. The van der Waals surface area contributed by atoms with Crippen LogP contribution in [0.25, 0.3) is 0 Å². The highest BCUT2D eigenvalue weighted by Gasteiger charge is 1.87. The van der Waals surface area contributed by atoms with E-state index in [1.807, 2.05) is 13.0 Å². The molecule has 0 aliphatic rings. The molecule has 0 rings (SSSR count). The van der Waals surface area contributed by atoms with E-state index in [4.69, 9.17) is 15.4 Å². The molecule has 0 aliphatic heterocycles. The Morgan fingerprint density at radius 3 is 2.78 bits per heavy atom. The normalized spacial score (nSPS) is 14.0. The third-order valence-electron chi connectivity index (χ3n) is 0.670. The van der Waals surface area contributed by atoms with Crippen molar-refractivity contribution in [3.8, 4) is 0 Å². The van der Waals surface area contributed by atoms with Gasteiger partial charge in [-0.25, -0.2) is 0 Å². The molecule has 0 aromatic rings. The Morgan fingerprint density at radius 2 is 2.33 bits per heavy atom. The van der Waals surface area contributed by atoms with Gasteiger partial charge in [0.1, 0.15) is 0 Å². The summed E-state index contributed by atoms with van der Waals surface area (Å²) < 4.78 is 5.09. The van der Waals surface area contributed by atoms with Crippen LogP contribution in [-0.4, -0.2) is 5.75 Å². The van der Waals surface area contributed by atoms with Crippen LogP contribution >= 0.6 is 0 Å². The molecule has 1 nitrogen and oxygen atoms in total. The molecule has 0 fully saturated rings. The van der Waals surface area contributed by atoms with Crippen LogP contribution in [0.5, 0.6) is 0 Å². The van der Waals surface area contributed by atoms with Gasteiger partial charge in [-0.1, -0.05) is 13.0 Å². The second kappa shape index (κ2) is 6.23. The monoisotopic (exact) mass is 164 g/mol. The van der Waals surface area contributed by atoms with Crippen molar-refractivity contribution in [2.45, 2.75) is 20.3 Å². The predicted octanol–water partition coefficient (Wildman–Crippen LogP) is 1.94. The van der Waals surface area contributed by atoms with Crippen LogP contribution in [0.3, 0.4) is 0 Å². The molecule has 0 bridgehead atoms. The Labute approximate surface area is 63.9 Å². The van der Waals surface area contributed by atoms with Gasteiger partial charge in [0.05, 0.1) is 16.0 Å². The van der Waals surface area contributed by atoms with Gasteiger partial charge in [0, 0.05) is 5.75 Å². The highest BCUT2D eigenvalue weighted by atomic mass is 32.8. The molecular formula is C6H12OS2. The molecule has 0 spiro atoms.